The Hall–Kier alpha value is -3.16. The summed E-state index contributed by atoms with van der Waals surface area (Å²) in [7, 11) is 0. The standard InChI is InChI=1S/C15H15N7O/c1-9-6-18-12(8-17-9)15(23)19-10(2)13-20-14(22-21-13)11-4-3-5-16-7-11/h3-8,10H,1-2H3,(H,19,23)(H,20,21,22)/t10-/m0/s1. The molecular formula is C15H15N7O. The molecule has 8 heteroatoms. The lowest BCUT2D eigenvalue weighted by Crippen LogP contribution is -2.28. The fourth-order valence-electron chi connectivity index (χ4n) is 1.94. The normalized spacial score (nSPS) is 11.9. The van der Waals surface area contributed by atoms with Gasteiger partial charge in [-0.05, 0) is 26.0 Å². The minimum absolute atomic E-state index is 0.259. The number of rotatable bonds is 4. The van der Waals surface area contributed by atoms with E-state index in [1.54, 1.807) is 18.6 Å². The third-order valence-electron chi connectivity index (χ3n) is 3.19. The first-order valence-electron chi connectivity index (χ1n) is 7.05. The summed E-state index contributed by atoms with van der Waals surface area (Å²) in [5.41, 5.74) is 1.82. The minimum Gasteiger partial charge on any atom is -0.341 e. The van der Waals surface area contributed by atoms with Gasteiger partial charge in [-0.3, -0.25) is 19.9 Å². The molecule has 8 nitrogen and oxygen atoms in total. The predicted octanol–water partition coefficient (Wildman–Crippen LogP) is 1.46. The second-order valence-corrected chi connectivity index (χ2v) is 5.02. The van der Waals surface area contributed by atoms with Gasteiger partial charge >= 0.3 is 0 Å². The molecular weight excluding hydrogens is 294 g/mol. The highest BCUT2D eigenvalue weighted by Crippen LogP contribution is 2.15. The molecule has 116 valence electrons. The van der Waals surface area contributed by atoms with E-state index in [9.17, 15) is 4.79 Å². The van der Waals surface area contributed by atoms with E-state index in [0.29, 0.717) is 11.6 Å². The Labute approximate surface area is 132 Å². The molecule has 0 aliphatic heterocycles. The van der Waals surface area contributed by atoms with Gasteiger partial charge in [0, 0.05) is 24.2 Å². The monoisotopic (exact) mass is 309 g/mol. The van der Waals surface area contributed by atoms with Crippen molar-refractivity contribution in [3.8, 4) is 11.4 Å². The van der Waals surface area contributed by atoms with Gasteiger partial charge in [0.1, 0.15) is 11.5 Å². The Morgan fingerprint density at radius 3 is 2.83 bits per heavy atom. The lowest BCUT2D eigenvalue weighted by Gasteiger charge is -2.10. The molecule has 0 fully saturated rings. The van der Waals surface area contributed by atoms with Crippen LogP contribution < -0.4 is 5.32 Å². The summed E-state index contributed by atoms with van der Waals surface area (Å²) in [6.07, 6.45) is 6.36. The molecule has 1 atom stereocenters. The summed E-state index contributed by atoms with van der Waals surface area (Å²) in [5, 5.41) is 9.78. The number of nitrogens with zero attached hydrogens (tertiary/aromatic N) is 5. The highest BCUT2D eigenvalue weighted by atomic mass is 16.1. The molecule has 0 aliphatic carbocycles. The Morgan fingerprint density at radius 1 is 1.26 bits per heavy atom. The van der Waals surface area contributed by atoms with Crippen LogP contribution in [0.25, 0.3) is 11.4 Å². The highest BCUT2D eigenvalue weighted by molar-refractivity contribution is 5.92. The predicted molar refractivity (Wildman–Crippen MR) is 82.3 cm³/mol. The topological polar surface area (TPSA) is 109 Å². The molecule has 0 aliphatic rings. The maximum absolute atomic E-state index is 12.1. The molecule has 3 aromatic rings. The molecule has 0 bridgehead atoms. The number of hydrogen-bond donors (Lipinski definition) is 2. The zero-order chi connectivity index (χ0) is 16.2. The summed E-state index contributed by atoms with van der Waals surface area (Å²) in [6.45, 7) is 3.62. The highest BCUT2D eigenvalue weighted by Gasteiger charge is 2.16. The lowest BCUT2D eigenvalue weighted by molar-refractivity contribution is 0.0933. The number of nitrogens with one attached hydrogen (secondary N) is 2. The summed E-state index contributed by atoms with van der Waals surface area (Å²) < 4.78 is 0. The Balaban J connectivity index is 1.71. The van der Waals surface area contributed by atoms with Gasteiger partial charge in [-0.2, -0.15) is 5.10 Å². The van der Waals surface area contributed by atoms with E-state index < -0.39 is 0 Å². The van der Waals surface area contributed by atoms with Crippen LogP contribution in [0.2, 0.25) is 0 Å². The molecule has 1 amide bonds. The van der Waals surface area contributed by atoms with E-state index in [1.807, 2.05) is 26.0 Å². The number of aryl methyl sites for hydroxylation is 1. The lowest BCUT2D eigenvalue weighted by atomic mass is 10.2. The largest absolute Gasteiger partial charge is 0.341 e. The van der Waals surface area contributed by atoms with Crippen LogP contribution in [0.1, 0.15) is 35.0 Å². The maximum Gasteiger partial charge on any atom is 0.272 e. The molecule has 0 saturated carbocycles. The van der Waals surface area contributed by atoms with Gasteiger partial charge in [-0.25, -0.2) is 9.97 Å². The Kier molecular flexibility index (Phi) is 4.05. The van der Waals surface area contributed by atoms with Crippen molar-refractivity contribution in [1.82, 2.24) is 35.5 Å². The molecule has 0 radical (unpaired) electrons. The molecule has 0 spiro atoms. The molecule has 3 rings (SSSR count). The van der Waals surface area contributed by atoms with Gasteiger partial charge in [0.15, 0.2) is 5.82 Å². The maximum atomic E-state index is 12.1. The molecule has 23 heavy (non-hydrogen) atoms. The quantitative estimate of drug-likeness (QED) is 0.755. The first kappa shape index (κ1) is 14.8. The Bertz CT molecular complexity index is 798. The average molecular weight is 309 g/mol. The number of aromatic nitrogens is 6. The van der Waals surface area contributed by atoms with E-state index in [2.05, 4.69) is 35.5 Å². The van der Waals surface area contributed by atoms with Gasteiger partial charge in [0.25, 0.3) is 5.91 Å². The van der Waals surface area contributed by atoms with Crippen molar-refractivity contribution < 1.29 is 4.79 Å². The van der Waals surface area contributed by atoms with E-state index in [0.717, 1.165) is 11.3 Å². The average Bonchev–Trinajstić information content (AvgIpc) is 3.06. The summed E-state index contributed by atoms with van der Waals surface area (Å²) in [6, 6.07) is 3.33. The number of hydrogen-bond acceptors (Lipinski definition) is 6. The van der Waals surface area contributed by atoms with Crippen LogP contribution in [0.3, 0.4) is 0 Å². The van der Waals surface area contributed by atoms with Crippen LogP contribution in [0, 0.1) is 6.92 Å². The van der Waals surface area contributed by atoms with Crippen molar-refractivity contribution in [3.63, 3.8) is 0 Å². The van der Waals surface area contributed by atoms with Gasteiger partial charge in [0.05, 0.1) is 17.9 Å². The van der Waals surface area contributed by atoms with Gasteiger partial charge in [-0.15, -0.1) is 0 Å². The van der Waals surface area contributed by atoms with E-state index in [-0.39, 0.29) is 17.6 Å². The summed E-state index contributed by atoms with van der Waals surface area (Å²) in [5.74, 6) is 0.769. The minimum atomic E-state index is -0.344. The fraction of sp³-hybridized carbons (Fsp3) is 0.200. The SMILES string of the molecule is Cc1cnc(C(=O)N[C@@H](C)c2nc(-c3cccnc3)n[nH]2)cn1. The molecule has 2 N–H and O–H groups in total. The van der Waals surface area contributed by atoms with Crippen molar-refractivity contribution in [3.05, 3.63) is 54.1 Å². The van der Waals surface area contributed by atoms with Crippen molar-refractivity contribution in [1.29, 1.82) is 0 Å². The number of pyridine rings is 1. The third kappa shape index (κ3) is 3.37. The fourth-order valence-corrected chi connectivity index (χ4v) is 1.94. The number of carbonyl (C=O) groups excluding carboxylic acids is 1. The van der Waals surface area contributed by atoms with E-state index >= 15 is 0 Å². The van der Waals surface area contributed by atoms with Crippen LogP contribution in [0.15, 0.2) is 36.9 Å². The molecule has 3 heterocycles. The van der Waals surface area contributed by atoms with E-state index in [1.165, 1.54) is 6.20 Å². The van der Waals surface area contributed by atoms with Crippen molar-refractivity contribution in [2.75, 3.05) is 0 Å². The molecule has 0 unspecified atom stereocenters. The van der Waals surface area contributed by atoms with Gasteiger partial charge < -0.3 is 5.32 Å². The number of amides is 1. The number of H-pyrrole nitrogens is 1. The Morgan fingerprint density at radius 2 is 2.13 bits per heavy atom. The van der Waals surface area contributed by atoms with Crippen molar-refractivity contribution in [2.24, 2.45) is 0 Å². The first-order chi connectivity index (χ1) is 11.1. The third-order valence-corrected chi connectivity index (χ3v) is 3.19. The van der Waals surface area contributed by atoms with Crippen LogP contribution in [0.4, 0.5) is 0 Å². The molecule has 3 aromatic heterocycles. The van der Waals surface area contributed by atoms with Crippen LogP contribution in [-0.2, 0) is 0 Å². The second kappa shape index (κ2) is 6.30. The second-order valence-electron chi connectivity index (χ2n) is 5.02. The smallest absolute Gasteiger partial charge is 0.272 e. The van der Waals surface area contributed by atoms with Gasteiger partial charge in [-0.1, -0.05) is 0 Å². The first-order valence-corrected chi connectivity index (χ1v) is 7.05. The number of carbonyl (C=O) groups is 1. The van der Waals surface area contributed by atoms with Crippen LogP contribution in [0.5, 0.6) is 0 Å². The van der Waals surface area contributed by atoms with Crippen molar-refractivity contribution in [2.45, 2.75) is 19.9 Å². The summed E-state index contributed by atoms with van der Waals surface area (Å²) >= 11 is 0. The van der Waals surface area contributed by atoms with Crippen LogP contribution >= 0.6 is 0 Å². The molecule has 0 saturated heterocycles. The summed E-state index contributed by atoms with van der Waals surface area (Å²) in [4.78, 5) is 28.7. The van der Waals surface area contributed by atoms with Gasteiger partial charge in [0.2, 0.25) is 0 Å². The zero-order valence-electron chi connectivity index (χ0n) is 12.7. The number of aromatic amines is 1. The van der Waals surface area contributed by atoms with Crippen LogP contribution in [-0.4, -0.2) is 36.0 Å². The molecule has 0 aromatic carbocycles. The zero-order valence-corrected chi connectivity index (χ0v) is 12.7. The van der Waals surface area contributed by atoms with E-state index in [4.69, 9.17) is 0 Å². The van der Waals surface area contributed by atoms with Crippen molar-refractivity contribution >= 4 is 5.91 Å².